The molecule has 0 bridgehead atoms. The van der Waals surface area contributed by atoms with Gasteiger partial charge in [0.1, 0.15) is 0 Å². The highest BCUT2D eigenvalue weighted by atomic mass is 16.2. The summed E-state index contributed by atoms with van der Waals surface area (Å²) < 4.78 is 0. The zero-order valence-corrected chi connectivity index (χ0v) is 19.3. The maximum absolute atomic E-state index is 13.4. The number of amides is 2. The van der Waals surface area contributed by atoms with Crippen molar-refractivity contribution >= 4 is 17.5 Å². The molecule has 2 amide bonds. The number of carbonyl (C=O) groups is 2. The molecular weight excluding hydrogens is 408 g/mol. The summed E-state index contributed by atoms with van der Waals surface area (Å²) in [5.74, 6) is 0.352. The highest BCUT2D eigenvalue weighted by Crippen LogP contribution is 2.30. The Bertz CT molecular complexity index is 1060. The molecule has 0 atom stereocenters. The number of likely N-dealkylation sites (N-methyl/N-ethyl adjacent to an activating group) is 1. The van der Waals surface area contributed by atoms with E-state index in [1.54, 1.807) is 4.90 Å². The summed E-state index contributed by atoms with van der Waals surface area (Å²) in [4.78, 5) is 30.0. The van der Waals surface area contributed by atoms with E-state index in [1.165, 1.54) is 0 Å². The normalized spacial score (nSPS) is 13.6. The first-order chi connectivity index (χ1) is 16.1. The highest BCUT2D eigenvalue weighted by molar-refractivity contribution is 5.95. The third kappa shape index (κ3) is 6.10. The van der Waals surface area contributed by atoms with E-state index in [2.05, 4.69) is 12.1 Å². The summed E-state index contributed by atoms with van der Waals surface area (Å²) in [6.45, 7) is 1.13. The zero-order valence-electron chi connectivity index (χ0n) is 19.3. The van der Waals surface area contributed by atoms with E-state index >= 15 is 0 Å². The minimum absolute atomic E-state index is 0.0627. The fourth-order valence-corrected chi connectivity index (χ4v) is 4.54. The first-order valence-corrected chi connectivity index (χ1v) is 11.8. The molecule has 0 saturated heterocycles. The van der Waals surface area contributed by atoms with E-state index in [1.807, 2.05) is 84.7 Å². The van der Waals surface area contributed by atoms with E-state index in [4.69, 9.17) is 0 Å². The molecule has 3 aromatic rings. The van der Waals surface area contributed by atoms with E-state index in [0.29, 0.717) is 19.5 Å². The van der Waals surface area contributed by atoms with Gasteiger partial charge in [0, 0.05) is 25.2 Å². The second kappa shape index (κ2) is 11.0. The maximum atomic E-state index is 13.4. The molecule has 4 heteroatoms. The lowest BCUT2D eigenvalue weighted by Crippen LogP contribution is -2.35. The Morgan fingerprint density at radius 1 is 0.758 bits per heavy atom. The van der Waals surface area contributed by atoms with Crippen LogP contribution in [0.2, 0.25) is 0 Å². The fourth-order valence-electron chi connectivity index (χ4n) is 4.54. The first kappa shape index (κ1) is 22.8. The van der Waals surface area contributed by atoms with Gasteiger partial charge in [-0.15, -0.1) is 0 Å². The minimum Gasteiger partial charge on any atom is -0.341 e. The van der Waals surface area contributed by atoms with Gasteiger partial charge in [-0.1, -0.05) is 85.6 Å². The molecule has 0 radical (unpaired) electrons. The Labute approximate surface area is 196 Å². The molecule has 0 N–H and O–H groups in total. The van der Waals surface area contributed by atoms with Crippen LogP contribution in [0.15, 0.2) is 84.9 Å². The molecule has 1 aliphatic carbocycles. The summed E-state index contributed by atoms with van der Waals surface area (Å²) >= 11 is 0. The molecule has 0 aliphatic heterocycles. The van der Waals surface area contributed by atoms with Gasteiger partial charge in [-0.05, 0) is 41.7 Å². The number of rotatable bonds is 8. The Morgan fingerprint density at radius 3 is 1.97 bits per heavy atom. The van der Waals surface area contributed by atoms with Crippen molar-refractivity contribution in [2.75, 3.05) is 11.9 Å². The number of benzene rings is 3. The van der Waals surface area contributed by atoms with Crippen molar-refractivity contribution in [3.8, 4) is 0 Å². The molecule has 0 spiro atoms. The lowest BCUT2D eigenvalue weighted by Gasteiger charge is -2.26. The SMILES string of the molecule is CN(Cc1ccccc1)C(=O)Cc1cccc(N(Cc2ccccc2)C(=O)C2CCCC2)c1. The van der Waals surface area contributed by atoms with Gasteiger partial charge in [0.05, 0.1) is 13.0 Å². The van der Waals surface area contributed by atoms with Crippen molar-refractivity contribution in [3.63, 3.8) is 0 Å². The lowest BCUT2D eigenvalue weighted by molar-refractivity contribution is -0.129. The molecule has 1 saturated carbocycles. The summed E-state index contributed by atoms with van der Waals surface area (Å²) in [7, 11) is 1.84. The van der Waals surface area contributed by atoms with E-state index < -0.39 is 0 Å². The third-order valence-corrected chi connectivity index (χ3v) is 6.42. The molecule has 170 valence electrons. The van der Waals surface area contributed by atoms with Crippen LogP contribution in [-0.4, -0.2) is 23.8 Å². The molecule has 1 aliphatic rings. The Balaban J connectivity index is 1.50. The van der Waals surface area contributed by atoms with Gasteiger partial charge in [-0.3, -0.25) is 9.59 Å². The zero-order chi connectivity index (χ0) is 23.0. The van der Waals surface area contributed by atoms with Gasteiger partial charge in [0.15, 0.2) is 0 Å². The Hall–Kier alpha value is -3.40. The van der Waals surface area contributed by atoms with Crippen LogP contribution < -0.4 is 4.90 Å². The van der Waals surface area contributed by atoms with Crippen LogP contribution in [0.4, 0.5) is 5.69 Å². The van der Waals surface area contributed by atoms with E-state index in [0.717, 1.165) is 48.1 Å². The number of hydrogen-bond donors (Lipinski definition) is 0. The summed E-state index contributed by atoms with van der Waals surface area (Å²) in [5, 5.41) is 0. The van der Waals surface area contributed by atoms with Gasteiger partial charge in [-0.2, -0.15) is 0 Å². The predicted molar refractivity (Wildman–Crippen MR) is 133 cm³/mol. The largest absolute Gasteiger partial charge is 0.341 e. The fraction of sp³-hybridized carbons (Fsp3) is 0.310. The van der Waals surface area contributed by atoms with Crippen LogP contribution in [-0.2, 0) is 29.1 Å². The van der Waals surface area contributed by atoms with Crippen molar-refractivity contribution in [1.82, 2.24) is 4.90 Å². The van der Waals surface area contributed by atoms with Crippen LogP contribution in [0, 0.1) is 5.92 Å². The van der Waals surface area contributed by atoms with E-state index in [-0.39, 0.29) is 17.7 Å². The first-order valence-electron chi connectivity index (χ1n) is 11.8. The molecular formula is C29H32N2O2. The van der Waals surface area contributed by atoms with Crippen LogP contribution in [0.25, 0.3) is 0 Å². The van der Waals surface area contributed by atoms with Crippen LogP contribution >= 0.6 is 0 Å². The van der Waals surface area contributed by atoms with E-state index in [9.17, 15) is 9.59 Å². The minimum atomic E-state index is 0.0627. The number of nitrogens with zero attached hydrogens (tertiary/aromatic N) is 2. The molecule has 0 aromatic heterocycles. The van der Waals surface area contributed by atoms with Crippen molar-refractivity contribution in [2.45, 2.75) is 45.2 Å². The number of hydrogen-bond acceptors (Lipinski definition) is 2. The quantitative estimate of drug-likeness (QED) is 0.457. The van der Waals surface area contributed by atoms with Crippen LogP contribution in [0.1, 0.15) is 42.4 Å². The van der Waals surface area contributed by atoms with Crippen LogP contribution in [0.3, 0.4) is 0 Å². The van der Waals surface area contributed by atoms with Gasteiger partial charge in [-0.25, -0.2) is 0 Å². The Morgan fingerprint density at radius 2 is 1.33 bits per heavy atom. The monoisotopic (exact) mass is 440 g/mol. The molecule has 0 unspecified atom stereocenters. The topological polar surface area (TPSA) is 40.6 Å². The second-order valence-corrected chi connectivity index (χ2v) is 8.97. The molecule has 4 rings (SSSR count). The summed E-state index contributed by atoms with van der Waals surface area (Å²) in [5.41, 5.74) is 4.01. The summed E-state index contributed by atoms with van der Waals surface area (Å²) in [6, 6.07) is 28.0. The third-order valence-electron chi connectivity index (χ3n) is 6.42. The Kier molecular flexibility index (Phi) is 7.56. The lowest BCUT2D eigenvalue weighted by atomic mass is 10.0. The van der Waals surface area contributed by atoms with Crippen molar-refractivity contribution < 1.29 is 9.59 Å². The van der Waals surface area contributed by atoms with Crippen molar-refractivity contribution in [2.24, 2.45) is 5.92 Å². The van der Waals surface area contributed by atoms with Gasteiger partial charge >= 0.3 is 0 Å². The molecule has 3 aromatic carbocycles. The van der Waals surface area contributed by atoms with Gasteiger partial charge in [0.25, 0.3) is 0 Å². The predicted octanol–water partition coefficient (Wildman–Crippen LogP) is 5.61. The molecule has 0 heterocycles. The average Bonchev–Trinajstić information content (AvgIpc) is 3.39. The number of anilines is 1. The smallest absolute Gasteiger partial charge is 0.230 e. The van der Waals surface area contributed by atoms with Gasteiger partial charge in [0.2, 0.25) is 11.8 Å². The van der Waals surface area contributed by atoms with Crippen molar-refractivity contribution in [3.05, 3.63) is 102 Å². The highest BCUT2D eigenvalue weighted by Gasteiger charge is 2.28. The number of carbonyl (C=O) groups excluding carboxylic acids is 2. The molecule has 33 heavy (non-hydrogen) atoms. The summed E-state index contributed by atoms with van der Waals surface area (Å²) in [6.07, 6.45) is 4.49. The van der Waals surface area contributed by atoms with Crippen LogP contribution in [0.5, 0.6) is 0 Å². The maximum Gasteiger partial charge on any atom is 0.230 e. The molecule has 4 nitrogen and oxygen atoms in total. The molecule has 1 fully saturated rings. The standard InChI is InChI=1S/C29H32N2O2/c1-30(21-23-11-4-2-5-12-23)28(32)20-25-15-10-18-27(19-25)31(22-24-13-6-3-7-14-24)29(33)26-16-8-9-17-26/h2-7,10-15,18-19,26H,8-9,16-17,20-22H2,1H3. The average molecular weight is 441 g/mol. The second-order valence-electron chi connectivity index (χ2n) is 8.97. The van der Waals surface area contributed by atoms with Crippen molar-refractivity contribution in [1.29, 1.82) is 0 Å². The van der Waals surface area contributed by atoms with Gasteiger partial charge < -0.3 is 9.80 Å².